The van der Waals surface area contributed by atoms with Crippen LogP contribution < -0.4 is 15.0 Å². The van der Waals surface area contributed by atoms with Crippen LogP contribution in [0, 0.1) is 0 Å². The monoisotopic (exact) mass is 651 g/mol. The van der Waals surface area contributed by atoms with E-state index in [9.17, 15) is 0 Å². The normalized spacial score (nSPS) is 11.5. The van der Waals surface area contributed by atoms with Gasteiger partial charge >= 0.3 is 0 Å². The third kappa shape index (κ3) is 5.00. The lowest BCUT2D eigenvalue weighted by atomic mass is 10.1. The third-order valence-corrected chi connectivity index (χ3v) is 11.3. The first-order valence-corrected chi connectivity index (χ1v) is 17.7. The summed E-state index contributed by atoms with van der Waals surface area (Å²) in [5.74, 6) is 0. The fourth-order valence-corrected chi connectivity index (χ4v) is 9.08. The fourth-order valence-electron chi connectivity index (χ4n) is 6.58. The van der Waals surface area contributed by atoms with Crippen LogP contribution in [0.5, 0.6) is 0 Å². The Morgan fingerprint density at radius 1 is 0.319 bits per heavy atom. The van der Waals surface area contributed by atoms with Crippen molar-refractivity contribution in [3.8, 4) is 0 Å². The van der Waals surface area contributed by atoms with Crippen LogP contribution in [0.25, 0.3) is 40.3 Å². The van der Waals surface area contributed by atoms with Crippen LogP contribution in [0.1, 0.15) is 0 Å². The van der Waals surface area contributed by atoms with Gasteiger partial charge in [-0.1, -0.05) is 84.0 Å². The van der Waals surface area contributed by atoms with Gasteiger partial charge < -0.3 is 9.80 Å². The quantitative estimate of drug-likeness (QED) is 0.165. The molecule has 0 atom stereocenters. The molecule has 0 bridgehead atoms. The third-order valence-electron chi connectivity index (χ3n) is 8.71. The second-order valence-electron chi connectivity index (χ2n) is 11.6. The molecule has 9 rings (SSSR count). The molecule has 5 heteroatoms. The lowest BCUT2D eigenvalue weighted by Gasteiger charge is -2.26. The topological polar surface area (TPSA) is 6.48 Å². The molecule has 0 N–H and O–H groups in total. The first kappa shape index (κ1) is 28.1. The highest BCUT2D eigenvalue weighted by atomic mass is 32.1. The van der Waals surface area contributed by atoms with Crippen LogP contribution in [-0.2, 0) is 0 Å². The summed E-state index contributed by atoms with van der Waals surface area (Å²) >= 11 is 3.71. The van der Waals surface area contributed by atoms with E-state index in [0.717, 1.165) is 39.3 Å². The van der Waals surface area contributed by atoms with Crippen molar-refractivity contribution in [1.82, 2.24) is 0 Å². The highest BCUT2D eigenvalue weighted by Crippen LogP contribution is 2.44. The number of hydrogen-bond donors (Lipinski definition) is 0. The van der Waals surface area contributed by atoms with Crippen molar-refractivity contribution >= 4 is 113 Å². The molecule has 2 nitrogen and oxygen atoms in total. The van der Waals surface area contributed by atoms with Crippen molar-refractivity contribution in [3.63, 3.8) is 0 Å². The maximum Gasteiger partial charge on any atom is 0.0712 e. The molecule has 7 aromatic carbocycles. The molecule has 0 saturated carbocycles. The number of nitrogens with zero attached hydrogens (tertiary/aromatic N) is 2. The molecule has 0 unspecified atom stereocenters. The standard InChI is InChI=1S/C42H27N2S2Si/c47-34-15-9-14-30(24-34)44(32-18-21-36-35-16-7-8-17-39(35)45-41(36)26-32)33-19-22-37-38-25-31(20-23-40(38)46-42(37)27-33)43(28-10-3-1-4-11-28)29-12-5-2-6-13-29/h1-27H. The Balaban J connectivity index is 1.18. The second kappa shape index (κ2) is 11.5. The molecular weight excluding hydrogens is 625 g/mol. The Kier molecular flexibility index (Phi) is 6.89. The number of benzene rings is 7. The zero-order valence-corrected chi connectivity index (χ0v) is 27.9. The van der Waals surface area contributed by atoms with E-state index >= 15 is 0 Å². The average Bonchev–Trinajstić information content (AvgIpc) is 3.67. The van der Waals surface area contributed by atoms with Crippen LogP contribution in [-0.4, -0.2) is 10.2 Å². The van der Waals surface area contributed by atoms with E-state index in [1.807, 2.05) is 22.7 Å². The molecule has 2 heterocycles. The van der Waals surface area contributed by atoms with Crippen molar-refractivity contribution in [2.75, 3.05) is 9.80 Å². The van der Waals surface area contributed by atoms with Crippen molar-refractivity contribution < 1.29 is 0 Å². The Bertz CT molecular complexity index is 2510. The predicted molar refractivity (Wildman–Crippen MR) is 207 cm³/mol. The average molecular weight is 652 g/mol. The van der Waals surface area contributed by atoms with Gasteiger partial charge in [0.25, 0.3) is 0 Å². The van der Waals surface area contributed by atoms with Crippen LogP contribution in [0.2, 0.25) is 0 Å². The molecule has 0 amide bonds. The van der Waals surface area contributed by atoms with E-state index in [0.29, 0.717) is 0 Å². The Morgan fingerprint density at radius 2 is 0.787 bits per heavy atom. The number of fused-ring (bicyclic) bond motifs is 6. The summed E-state index contributed by atoms with van der Waals surface area (Å²) in [6.45, 7) is 0. The Hall–Kier alpha value is -5.20. The minimum Gasteiger partial charge on any atom is -0.310 e. The summed E-state index contributed by atoms with van der Waals surface area (Å²) in [5.41, 5.74) is 6.82. The van der Waals surface area contributed by atoms with Crippen LogP contribution in [0.15, 0.2) is 164 Å². The van der Waals surface area contributed by atoms with E-state index < -0.39 is 0 Å². The number of hydrogen-bond acceptors (Lipinski definition) is 4. The van der Waals surface area contributed by atoms with Gasteiger partial charge in [0, 0.05) is 74.5 Å². The van der Waals surface area contributed by atoms with Crippen LogP contribution >= 0.6 is 22.7 Å². The molecule has 47 heavy (non-hydrogen) atoms. The van der Waals surface area contributed by atoms with Crippen molar-refractivity contribution in [2.24, 2.45) is 0 Å². The molecule has 0 aliphatic carbocycles. The summed E-state index contributed by atoms with van der Waals surface area (Å²) in [6.07, 6.45) is 0. The maximum atomic E-state index is 3.79. The summed E-state index contributed by atoms with van der Waals surface area (Å²) in [4.78, 5) is 4.70. The summed E-state index contributed by atoms with van der Waals surface area (Å²) in [7, 11) is 3.79. The van der Waals surface area contributed by atoms with E-state index in [1.165, 1.54) is 40.3 Å². The van der Waals surface area contributed by atoms with Crippen LogP contribution in [0.4, 0.5) is 34.1 Å². The maximum absolute atomic E-state index is 3.79. The highest BCUT2D eigenvalue weighted by Gasteiger charge is 2.18. The molecule has 0 fully saturated rings. The first-order valence-electron chi connectivity index (χ1n) is 15.6. The summed E-state index contributed by atoms with van der Waals surface area (Å²) in [6, 6.07) is 59.1. The van der Waals surface area contributed by atoms with Gasteiger partial charge in [0.2, 0.25) is 0 Å². The van der Waals surface area contributed by atoms with Gasteiger partial charge in [-0.15, -0.1) is 22.7 Å². The van der Waals surface area contributed by atoms with E-state index in [1.54, 1.807) is 0 Å². The summed E-state index contributed by atoms with van der Waals surface area (Å²) in [5, 5.41) is 6.21. The zero-order valence-electron chi connectivity index (χ0n) is 25.3. The van der Waals surface area contributed by atoms with Crippen molar-refractivity contribution in [2.45, 2.75) is 0 Å². The molecule has 0 spiro atoms. The van der Waals surface area contributed by atoms with E-state index in [2.05, 4.69) is 184 Å². The Labute approximate surface area is 284 Å². The summed E-state index contributed by atoms with van der Waals surface area (Å²) < 4.78 is 5.16. The van der Waals surface area contributed by atoms with Gasteiger partial charge in [0.1, 0.15) is 0 Å². The molecule has 221 valence electrons. The SMILES string of the molecule is [Si]c1cccc(N(c2ccc3c(c2)sc2ccccc23)c2ccc3c(c2)sc2ccc(N(c4ccccc4)c4ccccc4)cc23)c1. The number of anilines is 6. The van der Waals surface area contributed by atoms with Crippen LogP contribution in [0.3, 0.4) is 0 Å². The molecule has 0 aliphatic rings. The fraction of sp³-hybridized carbons (Fsp3) is 0. The van der Waals surface area contributed by atoms with Gasteiger partial charge in [-0.2, -0.15) is 0 Å². The largest absolute Gasteiger partial charge is 0.310 e. The predicted octanol–water partition coefficient (Wildman–Crippen LogP) is 12.2. The smallest absolute Gasteiger partial charge is 0.0712 e. The zero-order chi connectivity index (χ0) is 31.3. The highest BCUT2D eigenvalue weighted by molar-refractivity contribution is 7.26. The van der Waals surface area contributed by atoms with Crippen molar-refractivity contribution in [3.05, 3.63) is 164 Å². The molecule has 3 radical (unpaired) electrons. The molecule has 9 aromatic rings. The van der Waals surface area contributed by atoms with E-state index in [-0.39, 0.29) is 0 Å². The second-order valence-corrected chi connectivity index (χ2v) is 14.4. The lowest BCUT2D eigenvalue weighted by molar-refractivity contribution is 1.29. The first-order chi connectivity index (χ1) is 23.2. The van der Waals surface area contributed by atoms with Gasteiger partial charge in [-0.25, -0.2) is 0 Å². The lowest BCUT2D eigenvalue weighted by Crippen LogP contribution is -2.12. The van der Waals surface area contributed by atoms with Gasteiger partial charge in [0.15, 0.2) is 0 Å². The Morgan fingerprint density at radius 3 is 1.45 bits per heavy atom. The van der Waals surface area contributed by atoms with Crippen molar-refractivity contribution in [1.29, 1.82) is 0 Å². The van der Waals surface area contributed by atoms with Gasteiger partial charge in [-0.3, -0.25) is 0 Å². The molecular formula is C42H27N2S2Si. The molecule has 0 aliphatic heterocycles. The van der Waals surface area contributed by atoms with E-state index in [4.69, 9.17) is 0 Å². The minimum atomic E-state index is 1.05. The molecule has 0 saturated heterocycles. The number of thiophene rings is 2. The van der Waals surface area contributed by atoms with Gasteiger partial charge in [0.05, 0.1) is 10.2 Å². The minimum absolute atomic E-state index is 1.05. The van der Waals surface area contributed by atoms with Gasteiger partial charge in [-0.05, 0) is 84.9 Å². The number of rotatable bonds is 6. The number of para-hydroxylation sites is 2. The molecule has 2 aromatic heterocycles.